The molecule has 0 radical (unpaired) electrons. The van der Waals surface area contributed by atoms with Gasteiger partial charge in [-0.25, -0.2) is 9.97 Å². The Hall–Kier alpha value is -3.64. The van der Waals surface area contributed by atoms with Gasteiger partial charge in [0.1, 0.15) is 12.1 Å². The lowest BCUT2D eigenvalue weighted by molar-refractivity contribution is 0.356. The Morgan fingerprint density at radius 1 is 0.828 bits per heavy atom. The van der Waals surface area contributed by atoms with Crippen LogP contribution in [0.25, 0.3) is 10.9 Å². The van der Waals surface area contributed by atoms with Crippen LogP contribution < -0.4 is 20.5 Å². The van der Waals surface area contributed by atoms with Gasteiger partial charge in [0.25, 0.3) is 0 Å². The van der Waals surface area contributed by atoms with E-state index in [0.29, 0.717) is 17.3 Å². The average Bonchev–Trinajstić information content (AvgIpc) is 2.79. The van der Waals surface area contributed by atoms with Crippen molar-refractivity contribution < 1.29 is 9.47 Å². The lowest BCUT2D eigenvalue weighted by Crippen LogP contribution is -2.11. The fraction of sp³-hybridized carbons (Fsp3) is 0.130. The zero-order valence-corrected chi connectivity index (χ0v) is 16.3. The third-order valence-electron chi connectivity index (χ3n) is 4.83. The summed E-state index contributed by atoms with van der Waals surface area (Å²) in [5.74, 6) is 1.95. The smallest absolute Gasteiger partial charge is 0.162 e. The molecule has 0 unspecified atom stereocenters. The molecule has 0 aliphatic rings. The van der Waals surface area contributed by atoms with Gasteiger partial charge in [0.15, 0.2) is 11.5 Å². The number of nitrogens with two attached hydrogens (primary N) is 1. The second kappa shape index (κ2) is 8.16. The number of methoxy groups -OCH3 is 2. The molecule has 3 aromatic carbocycles. The van der Waals surface area contributed by atoms with E-state index in [2.05, 4.69) is 15.3 Å². The third kappa shape index (κ3) is 3.83. The maximum atomic E-state index is 6.39. The molecule has 4 aromatic rings. The Kier molecular flexibility index (Phi) is 5.27. The van der Waals surface area contributed by atoms with Crippen LogP contribution in [0, 0.1) is 0 Å². The summed E-state index contributed by atoms with van der Waals surface area (Å²) in [5, 5.41) is 4.20. The normalized spacial score (nSPS) is 11.8. The predicted molar refractivity (Wildman–Crippen MR) is 115 cm³/mol. The van der Waals surface area contributed by atoms with Gasteiger partial charge in [-0.05, 0) is 29.3 Å². The molecule has 0 bridgehead atoms. The second-order valence-corrected chi connectivity index (χ2v) is 6.58. The van der Waals surface area contributed by atoms with Gasteiger partial charge in [0.05, 0.1) is 25.8 Å². The summed E-state index contributed by atoms with van der Waals surface area (Å²) in [4.78, 5) is 8.73. The summed E-state index contributed by atoms with van der Waals surface area (Å²) < 4.78 is 10.8. The first kappa shape index (κ1) is 18.7. The van der Waals surface area contributed by atoms with Gasteiger partial charge in [-0.15, -0.1) is 0 Å². The van der Waals surface area contributed by atoms with E-state index < -0.39 is 0 Å². The summed E-state index contributed by atoms with van der Waals surface area (Å²) in [7, 11) is 3.21. The number of fused-ring (bicyclic) bond motifs is 1. The molecule has 4 rings (SSSR count). The Labute approximate surface area is 169 Å². The monoisotopic (exact) mass is 386 g/mol. The second-order valence-electron chi connectivity index (χ2n) is 6.58. The molecule has 146 valence electrons. The van der Waals surface area contributed by atoms with E-state index in [9.17, 15) is 0 Å². The standard InChI is InChI=1S/C23H22N4O2/c1-28-20-12-18-19(13-21(20)29-2)25-14-26-23(18)27-17-10-8-16(9-11-17)22(24)15-6-4-3-5-7-15/h3-14,22H,24H2,1-2H3,(H,25,26,27)/t22-/m0/s1. The molecule has 3 N–H and O–H groups in total. The van der Waals surface area contributed by atoms with Crippen molar-refractivity contribution in [2.75, 3.05) is 19.5 Å². The molecule has 1 atom stereocenters. The van der Waals surface area contributed by atoms with E-state index in [0.717, 1.165) is 27.7 Å². The van der Waals surface area contributed by atoms with Gasteiger partial charge >= 0.3 is 0 Å². The molecule has 0 spiro atoms. The van der Waals surface area contributed by atoms with E-state index in [1.165, 1.54) is 6.33 Å². The van der Waals surface area contributed by atoms with Crippen LogP contribution in [0.5, 0.6) is 11.5 Å². The highest BCUT2D eigenvalue weighted by Gasteiger charge is 2.12. The van der Waals surface area contributed by atoms with Crippen LogP contribution in [0.2, 0.25) is 0 Å². The zero-order valence-electron chi connectivity index (χ0n) is 16.3. The molecule has 0 saturated carbocycles. The lowest BCUT2D eigenvalue weighted by Gasteiger charge is -2.14. The van der Waals surface area contributed by atoms with Gasteiger partial charge < -0.3 is 20.5 Å². The van der Waals surface area contributed by atoms with Crippen molar-refractivity contribution in [3.63, 3.8) is 0 Å². The SMILES string of the molecule is COc1cc2ncnc(Nc3ccc([C@@H](N)c4ccccc4)cc3)c2cc1OC. The van der Waals surface area contributed by atoms with Crippen molar-refractivity contribution in [3.8, 4) is 11.5 Å². The highest BCUT2D eigenvalue weighted by molar-refractivity contribution is 5.93. The van der Waals surface area contributed by atoms with E-state index in [4.69, 9.17) is 15.2 Å². The van der Waals surface area contributed by atoms with Crippen LogP contribution in [0.15, 0.2) is 73.1 Å². The molecule has 6 nitrogen and oxygen atoms in total. The van der Waals surface area contributed by atoms with Crippen molar-refractivity contribution in [2.45, 2.75) is 6.04 Å². The molecule has 0 fully saturated rings. The maximum absolute atomic E-state index is 6.39. The molecule has 0 saturated heterocycles. The molecule has 0 aliphatic carbocycles. The number of rotatable bonds is 6. The van der Waals surface area contributed by atoms with E-state index in [1.807, 2.05) is 66.7 Å². The average molecular weight is 386 g/mol. The first-order valence-corrected chi connectivity index (χ1v) is 9.24. The van der Waals surface area contributed by atoms with Crippen LogP contribution in [0.3, 0.4) is 0 Å². The largest absolute Gasteiger partial charge is 0.493 e. The van der Waals surface area contributed by atoms with Crippen molar-refractivity contribution in [1.82, 2.24) is 9.97 Å². The molecular weight excluding hydrogens is 364 g/mol. The lowest BCUT2D eigenvalue weighted by atomic mass is 9.99. The molecule has 0 amide bonds. The highest BCUT2D eigenvalue weighted by Crippen LogP contribution is 2.34. The number of benzene rings is 3. The topological polar surface area (TPSA) is 82.3 Å². The first-order chi connectivity index (χ1) is 14.2. The molecular formula is C23H22N4O2. The summed E-state index contributed by atoms with van der Waals surface area (Å²) in [5.41, 5.74) is 10.2. The van der Waals surface area contributed by atoms with Crippen molar-refractivity contribution in [3.05, 3.63) is 84.2 Å². The van der Waals surface area contributed by atoms with Crippen LogP contribution >= 0.6 is 0 Å². The van der Waals surface area contributed by atoms with Gasteiger partial charge in [0.2, 0.25) is 0 Å². The fourth-order valence-electron chi connectivity index (χ4n) is 3.25. The number of aromatic nitrogens is 2. The number of anilines is 2. The minimum Gasteiger partial charge on any atom is -0.493 e. The zero-order chi connectivity index (χ0) is 20.2. The molecule has 29 heavy (non-hydrogen) atoms. The summed E-state index contributed by atoms with van der Waals surface area (Å²) in [6.07, 6.45) is 1.52. The van der Waals surface area contributed by atoms with E-state index >= 15 is 0 Å². The van der Waals surface area contributed by atoms with Crippen molar-refractivity contribution in [2.24, 2.45) is 5.73 Å². The van der Waals surface area contributed by atoms with Gasteiger partial charge in [-0.3, -0.25) is 0 Å². The summed E-state index contributed by atoms with van der Waals surface area (Å²) >= 11 is 0. The number of nitrogens with one attached hydrogen (secondary N) is 1. The third-order valence-corrected chi connectivity index (χ3v) is 4.83. The summed E-state index contributed by atoms with van der Waals surface area (Å²) in [6, 6.07) is 21.6. The quantitative estimate of drug-likeness (QED) is 0.510. The van der Waals surface area contributed by atoms with Crippen molar-refractivity contribution >= 4 is 22.4 Å². The molecule has 1 heterocycles. The highest BCUT2D eigenvalue weighted by atomic mass is 16.5. The Balaban J connectivity index is 1.62. The van der Waals surface area contributed by atoms with Crippen LogP contribution in [-0.2, 0) is 0 Å². The van der Waals surface area contributed by atoms with Gasteiger partial charge in [-0.1, -0.05) is 42.5 Å². The number of hydrogen-bond donors (Lipinski definition) is 2. The van der Waals surface area contributed by atoms with Gasteiger partial charge in [-0.2, -0.15) is 0 Å². The Morgan fingerprint density at radius 3 is 2.17 bits per heavy atom. The predicted octanol–water partition coefficient (Wildman–Crippen LogP) is 4.44. The van der Waals surface area contributed by atoms with E-state index in [-0.39, 0.29) is 6.04 Å². The molecule has 6 heteroatoms. The fourth-order valence-corrected chi connectivity index (χ4v) is 3.25. The minimum atomic E-state index is -0.165. The molecule has 0 aliphatic heterocycles. The van der Waals surface area contributed by atoms with Gasteiger partial charge in [0, 0.05) is 17.1 Å². The minimum absolute atomic E-state index is 0.165. The number of nitrogens with zero attached hydrogens (tertiary/aromatic N) is 2. The number of ether oxygens (including phenoxy) is 2. The van der Waals surface area contributed by atoms with Crippen LogP contribution in [0.4, 0.5) is 11.5 Å². The Bertz CT molecular complexity index is 1110. The Morgan fingerprint density at radius 2 is 1.48 bits per heavy atom. The first-order valence-electron chi connectivity index (χ1n) is 9.24. The van der Waals surface area contributed by atoms with Crippen LogP contribution in [0.1, 0.15) is 17.2 Å². The van der Waals surface area contributed by atoms with E-state index in [1.54, 1.807) is 14.2 Å². The van der Waals surface area contributed by atoms with Crippen LogP contribution in [-0.4, -0.2) is 24.2 Å². The summed E-state index contributed by atoms with van der Waals surface area (Å²) in [6.45, 7) is 0. The maximum Gasteiger partial charge on any atom is 0.162 e. The van der Waals surface area contributed by atoms with Crippen molar-refractivity contribution in [1.29, 1.82) is 0 Å². The number of hydrogen-bond acceptors (Lipinski definition) is 6. The molecule has 1 aromatic heterocycles.